The summed E-state index contributed by atoms with van der Waals surface area (Å²) >= 11 is 5.88. The number of sulfonamides is 1. The molecule has 31 heavy (non-hydrogen) atoms. The lowest BCUT2D eigenvalue weighted by atomic mass is 10.2. The van der Waals surface area contributed by atoms with Gasteiger partial charge in [0.25, 0.3) is 0 Å². The first-order valence-corrected chi connectivity index (χ1v) is 11.7. The molecule has 4 rings (SSSR count). The van der Waals surface area contributed by atoms with Gasteiger partial charge in [-0.25, -0.2) is 12.8 Å². The molecule has 0 aromatic heterocycles. The summed E-state index contributed by atoms with van der Waals surface area (Å²) in [5.74, 6) is -1.02. The van der Waals surface area contributed by atoms with Crippen LogP contribution in [0.3, 0.4) is 0 Å². The quantitative estimate of drug-likeness (QED) is 0.632. The summed E-state index contributed by atoms with van der Waals surface area (Å²) < 4.78 is 40.0. The SMILES string of the molecule is O=C1C[C@@H](N2CCN(S(=O)(=O)c3ccc(F)cc3)CC2)C(=O)N1Cc1ccc(Cl)cc1. The van der Waals surface area contributed by atoms with E-state index < -0.39 is 21.9 Å². The van der Waals surface area contributed by atoms with Crippen molar-refractivity contribution < 1.29 is 22.4 Å². The summed E-state index contributed by atoms with van der Waals surface area (Å²) in [5, 5.41) is 0.578. The van der Waals surface area contributed by atoms with Crippen molar-refractivity contribution in [2.24, 2.45) is 0 Å². The van der Waals surface area contributed by atoms with Gasteiger partial charge < -0.3 is 0 Å². The van der Waals surface area contributed by atoms with Crippen molar-refractivity contribution in [1.29, 1.82) is 0 Å². The van der Waals surface area contributed by atoms with Crippen LogP contribution in [0.2, 0.25) is 5.02 Å². The molecular formula is C21H21ClFN3O4S. The number of imide groups is 1. The molecule has 2 aliphatic heterocycles. The van der Waals surface area contributed by atoms with E-state index in [4.69, 9.17) is 11.6 Å². The molecule has 2 fully saturated rings. The van der Waals surface area contributed by atoms with Crippen LogP contribution < -0.4 is 0 Å². The average Bonchev–Trinajstić information content (AvgIpc) is 3.04. The maximum Gasteiger partial charge on any atom is 0.247 e. The molecule has 1 atom stereocenters. The molecule has 0 radical (unpaired) electrons. The highest BCUT2D eigenvalue weighted by Gasteiger charge is 2.43. The van der Waals surface area contributed by atoms with Gasteiger partial charge in [0.15, 0.2) is 0 Å². The number of nitrogens with zero attached hydrogens (tertiary/aromatic N) is 3. The van der Waals surface area contributed by atoms with Crippen LogP contribution in [0.1, 0.15) is 12.0 Å². The first-order valence-electron chi connectivity index (χ1n) is 9.84. The van der Waals surface area contributed by atoms with E-state index in [1.807, 2.05) is 4.90 Å². The summed E-state index contributed by atoms with van der Waals surface area (Å²) in [7, 11) is -3.74. The van der Waals surface area contributed by atoms with Crippen LogP contribution in [0.25, 0.3) is 0 Å². The van der Waals surface area contributed by atoms with Crippen LogP contribution >= 0.6 is 11.6 Å². The van der Waals surface area contributed by atoms with Crippen LogP contribution in [0.5, 0.6) is 0 Å². The van der Waals surface area contributed by atoms with E-state index in [1.165, 1.54) is 21.3 Å². The summed E-state index contributed by atoms with van der Waals surface area (Å²) in [6, 6.07) is 11.1. The Morgan fingerprint density at radius 3 is 2.16 bits per heavy atom. The number of piperazine rings is 1. The highest BCUT2D eigenvalue weighted by atomic mass is 35.5. The maximum absolute atomic E-state index is 13.1. The van der Waals surface area contributed by atoms with Crippen LogP contribution in [0, 0.1) is 5.82 Å². The highest BCUT2D eigenvalue weighted by molar-refractivity contribution is 7.89. The summed E-state index contributed by atoms with van der Waals surface area (Å²) in [4.78, 5) is 28.5. The van der Waals surface area contributed by atoms with E-state index in [1.54, 1.807) is 24.3 Å². The van der Waals surface area contributed by atoms with Gasteiger partial charge in [-0.15, -0.1) is 0 Å². The standard InChI is InChI=1S/C21H21ClFN3O4S/c22-16-3-1-15(2-4-16)14-26-20(27)13-19(21(26)28)24-9-11-25(12-10-24)31(29,30)18-7-5-17(23)6-8-18/h1-8,19H,9-14H2/t19-/m1/s1. The molecule has 0 N–H and O–H groups in total. The smallest absolute Gasteiger partial charge is 0.247 e. The van der Waals surface area contributed by atoms with Crippen molar-refractivity contribution in [3.63, 3.8) is 0 Å². The lowest BCUT2D eigenvalue weighted by molar-refractivity contribution is -0.140. The largest absolute Gasteiger partial charge is 0.289 e. The zero-order valence-electron chi connectivity index (χ0n) is 16.6. The van der Waals surface area contributed by atoms with Crippen molar-refractivity contribution in [2.75, 3.05) is 26.2 Å². The fourth-order valence-corrected chi connectivity index (χ4v) is 5.45. The fraction of sp³-hybridized carbons (Fsp3) is 0.333. The highest BCUT2D eigenvalue weighted by Crippen LogP contribution is 2.25. The minimum atomic E-state index is -3.74. The maximum atomic E-state index is 13.1. The Morgan fingerprint density at radius 1 is 0.935 bits per heavy atom. The number of hydrogen-bond acceptors (Lipinski definition) is 5. The van der Waals surface area contributed by atoms with Crippen molar-refractivity contribution >= 4 is 33.4 Å². The number of amides is 2. The Morgan fingerprint density at radius 2 is 1.55 bits per heavy atom. The van der Waals surface area contributed by atoms with Gasteiger partial charge in [-0.05, 0) is 42.0 Å². The molecule has 2 aromatic rings. The van der Waals surface area contributed by atoms with Crippen LogP contribution in [-0.4, -0.2) is 66.6 Å². The molecule has 0 unspecified atom stereocenters. The first-order chi connectivity index (χ1) is 14.8. The van der Waals surface area contributed by atoms with Gasteiger partial charge in [0, 0.05) is 31.2 Å². The predicted molar refractivity (Wildman–Crippen MR) is 112 cm³/mol. The molecule has 7 nitrogen and oxygen atoms in total. The van der Waals surface area contributed by atoms with Crippen molar-refractivity contribution in [3.8, 4) is 0 Å². The van der Waals surface area contributed by atoms with E-state index in [-0.39, 0.29) is 42.8 Å². The van der Waals surface area contributed by atoms with Gasteiger partial charge in [0.2, 0.25) is 21.8 Å². The van der Waals surface area contributed by atoms with E-state index in [9.17, 15) is 22.4 Å². The number of benzene rings is 2. The van der Waals surface area contributed by atoms with E-state index in [2.05, 4.69) is 0 Å². The third-order valence-electron chi connectivity index (χ3n) is 5.64. The van der Waals surface area contributed by atoms with Gasteiger partial charge in [-0.1, -0.05) is 23.7 Å². The Bertz CT molecular complexity index is 1080. The van der Waals surface area contributed by atoms with Crippen molar-refractivity contribution in [2.45, 2.75) is 23.9 Å². The molecule has 2 aliphatic rings. The number of likely N-dealkylation sites (tertiary alicyclic amines) is 1. The Kier molecular flexibility index (Phi) is 6.11. The van der Waals surface area contributed by atoms with Crippen LogP contribution in [0.4, 0.5) is 4.39 Å². The molecule has 2 aromatic carbocycles. The van der Waals surface area contributed by atoms with Gasteiger partial charge in [0.1, 0.15) is 5.82 Å². The van der Waals surface area contributed by atoms with E-state index in [0.29, 0.717) is 18.1 Å². The number of carbonyl (C=O) groups is 2. The fourth-order valence-electron chi connectivity index (χ4n) is 3.90. The van der Waals surface area contributed by atoms with Crippen LogP contribution in [-0.2, 0) is 26.2 Å². The molecule has 0 spiro atoms. The molecule has 0 aliphatic carbocycles. The second kappa shape index (κ2) is 8.66. The van der Waals surface area contributed by atoms with Crippen molar-refractivity contribution in [3.05, 3.63) is 64.9 Å². The molecule has 2 heterocycles. The summed E-state index contributed by atoms with van der Waals surface area (Å²) in [6.07, 6.45) is 0.0805. The molecule has 0 saturated carbocycles. The second-order valence-electron chi connectivity index (χ2n) is 7.56. The van der Waals surface area contributed by atoms with Gasteiger partial charge >= 0.3 is 0 Å². The normalized spacial score (nSPS) is 21.1. The minimum Gasteiger partial charge on any atom is -0.289 e. The number of halogens is 2. The number of hydrogen-bond donors (Lipinski definition) is 0. The molecule has 10 heteroatoms. The molecule has 0 bridgehead atoms. The van der Waals surface area contributed by atoms with Gasteiger partial charge in [-0.3, -0.25) is 19.4 Å². The zero-order valence-corrected chi connectivity index (χ0v) is 18.2. The Hall–Kier alpha value is -2.33. The predicted octanol–water partition coefficient (Wildman–Crippen LogP) is 2.11. The summed E-state index contributed by atoms with van der Waals surface area (Å²) in [5.41, 5.74) is 0.807. The molecule has 2 amide bonds. The summed E-state index contributed by atoms with van der Waals surface area (Å²) in [6.45, 7) is 1.23. The lowest BCUT2D eigenvalue weighted by Crippen LogP contribution is -2.53. The van der Waals surface area contributed by atoms with Crippen molar-refractivity contribution in [1.82, 2.24) is 14.1 Å². The van der Waals surface area contributed by atoms with Gasteiger partial charge in [-0.2, -0.15) is 4.31 Å². The van der Waals surface area contributed by atoms with E-state index in [0.717, 1.165) is 17.7 Å². The minimum absolute atomic E-state index is 0.0311. The number of carbonyl (C=O) groups excluding carboxylic acids is 2. The average molecular weight is 466 g/mol. The second-order valence-corrected chi connectivity index (χ2v) is 9.93. The van der Waals surface area contributed by atoms with Gasteiger partial charge in [0.05, 0.1) is 23.9 Å². The Labute approximate surface area is 185 Å². The molecule has 164 valence electrons. The lowest BCUT2D eigenvalue weighted by Gasteiger charge is -2.36. The molecule has 2 saturated heterocycles. The topological polar surface area (TPSA) is 78.0 Å². The zero-order chi connectivity index (χ0) is 22.2. The monoisotopic (exact) mass is 465 g/mol. The third kappa shape index (κ3) is 4.50. The van der Waals surface area contributed by atoms with E-state index >= 15 is 0 Å². The van der Waals surface area contributed by atoms with Crippen LogP contribution in [0.15, 0.2) is 53.4 Å². The first kappa shape index (κ1) is 21.9. The molecular weight excluding hydrogens is 445 g/mol. The Balaban J connectivity index is 1.39. The third-order valence-corrected chi connectivity index (χ3v) is 7.80. The number of rotatable bonds is 5.